The maximum absolute atomic E-state index is 12.1. The fourth-order valence-corrected chi connectivity index (χ4v) is 2.45. The van der Waals surface area contributed by atoms with Crippen molar-refractivity contribution in [3.8, 4) is 0 Å². The van der Waals surface area contributed by atoms with Crippen LogP contribution in [0.4, 0.5) is 4.79 Å². The molecule has 7 heteroatoms. The molecule has 1 unspecified atom stereocenters. The number of urea groups is 1. The number of carbonyl (C=O) groups excluding carboxylic acids is 1. The predicted molar refractivity (Wildman–Crippen MR) is 74.4 cm³/mol. The fraction of sp³-hybridized carbons (Fsp3) is 0.833. The topological polar surface area (TPSA) is 89.9 Å². The summed E-state index contributed by atoms with van der Waals surface area (Å²) in [6.45, 7) is 0.151. The number of aliphatic hydroxyl groups is 1. The lowest BCUT2D eigenvalue weighted by Crippen LogP contribution is -2.54. The molecule has 0 radical (unpaired) electrons. The number of nitrogens with zero attached hydrogens (tertiary/aromatic N) is 1. The average molecular weight is 290 g/mol. The maximum atomic E-state index is 12.1. The lowest BCUT2D eigenvalue weighted by atomic mass is 9.91. The summed E-state index contributed by atoms with van der Waals surface area (Å²) < 4.78 is 0. The van der Waals surface area contributed by atoms with Crippen molar-refractivity contribution < 1.29 is 19.8 Å². The van der Waals surface area contributed by atoms with Gasteiger partial charge >= 0.3 is 12.0 Å². The molecule has 2 amide bonds. The molecule has 6 nitrogen and oxygen atoms in total. The van der Waals surface area contributed by atoms with Crippen LogP contribution in [0.25, 0.3) is 0 Å². The molecular weight excluding hydrogens is 268 g/mol. The molecule has 1 aliphatic rings. The smallest absolute Gasteiger partial charge is 0.326 e. The summed E-state index contributed by atoms with van der Waals surface area (Å²) in [5, 5.41) is 20.6. The molecule has 0 aromatic rings. The Bertz CT molecular complexity index is 310. The highest BCUT2D eigenvalue weighted by Gasteiger charge is 2.30. The standard InChI is InChI=1S/C12H22N2O4S/c1-19-8-5-10(11(16)17)13-12(18)14(6-7-15)9-3-2-4-9/h9-10,15H,2-8H2,1H3,(H,13,18)(H,16,17). The normalized spacial score (nSPS) is 16.5. The molecule has 0 aromatic carbocycles. The van der Waals surface area contributed by atoms with E-state index in [0.717, 1.165) is 19.3 Å². The van der Waals surface area contributed by atoms with Gasteiger partial charge < -0.3 is 20.4 Å². The van der Waals surface area contributed by atoms with E-state index in [9.17, 15) is 9.59 Å². The molecule has 0 aliphatic heterocycles. The molecular formula is C12H22N2O4S. The van der Waals surface area contributed by atoms with E-state index in [0.29, 0.717) is 12.2 Å². The van der Waals surface area contributed by atoms with Gasteiger partial charge in [-0.25, -0.2) is 9.59 Å². The zero-order chi connectivity index (χ0) is 14.3. The number of carbonyl (C=O) groups is 2. The number of aliphatic hydroxyl groups excluding tert-OH is 1. The van der Waals surface area contributed by atoms with Crippen LogP contribution in [0.1, 0.15) is 25.7 Å². The maximum Gasteiger partial charge on any atom is 0.326 e. The second-order valence-corrected chi connectivity index (χ2v) is 5.61. The Labute approximate surface area is 117 Å². The van der Waals surface area contributed by atoms with E-state index in [1.807, 2.05) is 6.26 Å². The first-order chi connectivity index (χ1) is 9.10. The summed E-state index contributed by atoms with van der Waals surface area (Å²) in [6.07, 6.45) is 5.23. The number of nitrogens with one attached hydrogen (secondary N) is 1. The largest absolute Gasteiger partial charge is 0.480 e. The molecule has 1 rings (SSSR count). The zero-order valence-electron chi connectivity index (χ0n) is 11.2. The number of rotatable bonds is 8. The minimum Gasteiger partial charge on any atom is -0.480 e. The summed E-state index contributed by atoms with van der Waals surface area (Å²) in [5.41, 5.74) is 0. The van der Waals surface area contributed by atoms with Crippen molar-refractivity contribution in [2.45, 2.75) is 37.8 Å². The van der Waals surface area contributed by atoms with E-state index in [1.54, 1.807) is 16.7 Å². The Morgan fingerprint density at radius 3 is 2.58 bits per heavy atom. The van der Waals surface area contributed by atoms with Crippen LogP contribution in [0.15, 0.2) is 0 Å². The molecule has 1 aliphatic carbocycles. The van der Waals surface area contributed by atoms with Gasteiger partial charge in [0.1, 0.15) is 6.04 Å². The lowest BCUT2D eigenvalue weighted by Gasteiger charge is -2.37. The molecule has 1 saturated carbocycles. The number of hydrogen-bond donors (Lipinski definition) is 3. The fourth-order valence-electron chi connectivity index (χ4n) is 1.98. The quantitative estimate of drug-likeness (QED) is 0.614. The zero-order valence-corrected chi connectivity index (χ0v) is 12.0. The van der Waals surface area contributed by atoms with Gasteiger partial charge in [0.25, 0.3) is 0 Å². The Morgan fingerprint density at radius 2 is 2.16 bits per heavy atom. The van der Waals surface area contributed by atoms with Crippen LogP contribution < -0.4 is 5.32 Å². The van der Waals surface area contributed by atoms with Crippen molar-refractivity contribution in [3.05, 3.63) is 0 Å². The lowest BCUT2D eigenvalue weighted by molar-refractivity contribution is -0.139. The molecule has 0 bridgehead atoms. The third-order valence-corrected chi connectivity index (χ3v) is 3.97. The van der Waals surface area contributed by atoms with Crippen LogP contribution in [-0.2, 0) is 4.79 Å². The SMILES string of the molecule is CSCCC(NC(=O)N(CCO)C1CCC1)C(=O)O. The van der Waals surface area contributed by atoms with Crippen molar-refractivity contribution in [1.82, 2.24) is 10.2 Å². The molecule has 0 spiro atoms. The summed E-state index contributed by atoms with van der Waals surface area (Å²) in [5.74, 6) is -0.333. The van der Waals surface area contributed by atoms with Crippen molar-refractivity contribution in [1.29, 1.82) is 0 Å². The molecule has 0 heterocycles. The number of carboxylic acids is 1. The van der Waals surface area contributed by atoms with Crippen molar-refractivity contribution in [3.63, 3.8) is 0 Å². The van der Waals surface area contributed by atoms with Gasteiger partial charge in [0.2, 0.25) is 0 Å². The van der Waals surface area contributed by atoms with Gasteiger partial charge in [-0.3, -0.25) is 0 Å². The highest BCUT2D eigenvalue weighted by molar-refractivity contribution is 7.98. The van der Waals surface area contributed by atoms with Gasteiger partial charge in [-0.1, -0.05) is 0 Å². The first-order valence-corrected chi connectivity index (χ1v) is 7.89. The van der Waals surface area contributed by atoms with Gasteiger partial charge in [0, 0.05) is 12.6 Å². The number of hydrogen-bond acceptors (Lipinski definition) is 4. The Morgan fingerprint density at radius 1 is 1.47 bits per heavy atom. The Balaban J connectivity index is 2.54. The molecule has 1 fully saturated rings. The van der Waals surface area contributed by atoms with E-state index in [2.05, 4.69) is 5.32 Å². The van der Waals surface area contributed by atoms with E-state index < -0.39 is 12.0 Å². The van der Waals surface area contributed by atoms with Gasteiger partial charge in [-0.15, -0.1) is 0 Å². The minimum absolute atomic E-state index is 0.105. The predicted octanol–water partition coefficient (Wildman–Crippen LogP) is 0.749. The number of aliphatic carboxylic acids is 1. The van der Waals surface area contributed by atoms with Crippen molar-refractivity contribution in [2.24, 2.45) is 0 Å². The molecule has 19 heavy (non-hydrogen) atoms. The summed E-state index contributed by atoms with van der Waals surface area (Å²) in [4.78, 5) is 24.7. The summed E-state index contributed by atoms with van der Waals surface area (Å²) in [6, 6.07) is -1.10. The van der Waals surface area contributed by atoms with Crippen LogP contribution in [0.2, 0.25) is 0 Å². The van der Waals surface area contributed by atoms with Crippen LogP contribution in [0.5, 0.6) is 0 Å². The van der Waals surface area contributed by atoms with Crippen molar-refractivity contribution in [2.75, 3.05) is 25.2 Å². The second kappa shape index (κ2) is 8.27. The minimum atomic E-state index is -1.01. The van der Waals surface area contributed by atoms with E-state index in [-0.39, 0.29) is 25.2 Å². The first-order valence-electron chi connectivity index (χ1n) is 6.50. The number of amides is 2. The third kappa shape index (κ3) is 4.91. The third-order valence-electron chi connectivity index (χ3n) is 3.32. The van der Waals surface area contributed by atoms with E-state index in [4.69, 9.17) is 10.2 Å². The van der Waals surface area contributed by atoms with Crippen molar-refractivity contribution >= 4 is 23.8 Å². The van der Waals surface area contributed by atoms with Gasteiger partial charge in [0.15, 0.2) is 0 Å². The monoisotopic (exact) mass is 290 g/mol. The van der Waals surface area contributed by atoms with E-state index in [1.165, 1.54) is 0 Å². The van der Waals surface area contributed by atoms with Gasteiger partial charge in [-0.05, 0) is 37.7 Å². The summed E-state index contributed by atoms with van der Waals surface area (Å²) >= 11 is 1.55. The van der Waals surface area contributed by atoms with Crippen LogP contribution in [0, 0.1) is 0 Å². The highest BCUT2D eigenvalue weighted by Crippen LogP contribution is 2.24. The molecule has 110 valence electrons. The van der Waals surface area contributed by atoms with E-state index >= 15 is 0 Å². The van der Waals surface area contributed by atoms with Gasteiger partial charge in [0.05, 0.1) is 6.61 Å². The van der Waals surface area contributed by atoms with Crippen LogP contribution in [-0.4, -0.2) is 64.4 Å². The second-order valence-electron chi connectivity index (χ2n) is 4.62. The van der Waals surface area contributed by atoms with Crippen LogP contribution in [0.3, 0.4) is 0 Å². The Kier molecular flexibility index (Phi) is 7.01. The Hall–Kier alpha value is -0.950. The van der Waals surface area contributed by atoms with Gasteiger partial charge in [-0.2, -0.15) is 11.8 Å². The molecule has 1 atom stereocenters. The highest BCUT2D eigenvalue weighted by atomic mass is 32.2. The molecule has 0 saturated heterocycles. The molecule has 3 N–H and O–H groups in total. The average Bonchev–Trinajstić information content (AvgIpc) is 2.31. The summed E-state index contributed by atoms with van der Waals surface area (Å²) in [7, 11) is 0. The van der Waals surface area contributed by atoms with Crippen LogP contribution >= 0.6 is 11.8 Å². The molecule has 0 aromatic heterocycles. The number of carboxylic acid groups (broad SMARTS) is 1. The number of thioether (sulfide) groups is 1. The first kappa shape index (κ1) is 16.1.